The van der Waals surface area contributed by atoms with Crippen molar-refractivity contribution in [3.63, 3.8) is 0 Å². The lowest BCUT2D eigenvalue weighted by Crippen LogP contribution is -2.36. The van der Waals surface area contributed by atoms with Crippen molar-refractivity contribution in [1.82, 2.24) is 20.2 Å². The first-order valence-electron chi connectivity index (χ1n) is 11.0. The van der Waals surface area contributed by atoms with Crippen LogP contribution in [0.2, 0.25) is 5.15 Å². The van der Waals surface area contributed by atoms with Gasteiger partial charge < -0.3 is 14.4 Å². The summed E-state index contributed by atoms with van der Waals surface area (Å²) in [5.41, 5.74) is 4.39. The maximum absolute atomic E-state index is 15.1. The maximum atomic E-state index is 15.1. The van der Waals surface area contributed by atoms with Crippen LogP contribution >= 0.6 is 11.6 Å². The fourth-order valence-electron chi connectivity index (χ4n) is 4.23. The van der Waals surface area contributed by atoms with Crippen molar-refractivity contribution < 1.29 is 13.9 Å². The minimum absolute atomic E-state index is 0.169. The zero-order valence-corrected chi connectivity index (χ0v) is 19.6. The number of hydrogen-bond donors (Lipinski definition) is 0. The molecular formula is C25H23ClFN5O2. The van der Waals surface area contributed by atoms with Crippen molar-refractivity contribution in [3.8, 4) is 17.1 Å². The molecule has 0 N–H and O–H groups in total. The maximum Gasteiger partial charge on any atom is 0.233 e. The molecule has 9 heteroatoms. The Morgan fingerprint density at radius 2 is 1.88 bits per heavy atom. The standard InChI is InChI=1S/C25H23ClFN5O2/c1-15(19-13-23(33-2)30-31-25(19)26)16-3-6-21(27)20(11-16)24-18-5-4-17(12-22(18)28-14-29-24)32-7-9-34-10-8-32/h3-6,11-15H,7-10H2,1-2H3. The van der Waals surface area contributed by atoms with Gasteiger partial charge in [-0.15, -0.1) is 10.2 Å². The summed E-state index contributed by atoms with van der Waals surface area (Å²) in [6.07, 6.45) is 1.48. The lowest BCUT2D eigenvalue weighted by atomic mass is 9.92. The molecule has 0 saturated carbocycles. The van der Waals surface area contributed by atoms with Crippen molar-refractivity contribution in [2.75, 3.05) is 38.3 Å². The van der Waals surface area contributed by atoms with Crippen molar-refractivity contribution in [3.05, 3.63) is 70.9 Å². The average molecular weight is 480 g/mol. The molecule has 5 rings (SSSR count). The molecule has 174 valence electrons. The van der Waals surface area contributed by atoms with Gasteiger partial charge in [-0.2, -0.15) is 0 Å². The van der Waals surface area contributed by atoms with Crippen molar-refractivity contribution in [2.24, 2.45) is 0 Å². The van der Waals surface area contributed by atoms with Gasteiger partial charge >= 0.3 is 0 Å². The Labute approximate surface area is 201 Å². The van der Waals surface area contributed by atoms with Gasteiger partial charge in [0.15, 0.2) is 5.15 Å². The molecule has 2 aromatic heterocycles. The molecule has 0 amide bonds. The molecule has 4 aromatic rings. The van der Waals surface area contributed by atoms with Crippen LogP contribution in [-0.2, 0) is 4.74 Å². The van der Waals surface area contributed by atoms with Crippen molar-refractivity contribution in [2.45, 2.75) is 12.8 Å². The molecule has 1 aliphatic rings. The van der Waals surface area contributed by atoms with Gasteiger partial charge in [0.25, 0.3) is 0 Å². The van der Waals surface area contributed by atoms with E-state index in [1.54, 1.807) is 18.2 Å². The second-order valence-electron chi connectivity index (χ2n) is 8.12. The molecule has 0 radical (unpaired) electrons. The molecule has 1 unspecified atom stereocenters. The molecule has 0 aliphatic carbocycles. The quantitative estimate of drug-likeness (QED) is 0.404. The normalized spacial score (nSPS) is 14.9. The molecular weight excluding hydrogens is 457 g/mol. The summed E-state index contributed by atoms with van der Waals surface area (Å²) in [6.45, 7) is 5.04. The van der Waals surface area contributed by atoms with Crippen molar-refractivity contribution in [1.29, 1.82) is 0 Å². The van der Waals surface area contributed by atoms with Crippen LogP contribution in [0.5, 0.6) is 5.88 Å². The van der Waals surface area contributed by atoms with Crippen LogP contribution in [0.3, 0.4) is 0 Å². The predicted molar refractivity (Wildman–Crippen MR) is 129 cm³/mol. The van der Waals surface area contributed by atoms with Crippen LogP contribution in [0.15, 0.2) is 48.8 Å². The Balaban J connectivity index is 1.55. The highest BCUT2D eigenvalue weighted by Crippen LogP contribution is 2.35. The molecule has 1 fully saturated rings. The lowest BCUT2D eigenvalue weighted by molar-refractivity contribution is 0.122. The first kappa shape index (κ1) is 22.4. The zero-order valence-electron chi connectivity index (χ0n) is 18.8. The molecule has 3 heterocycles. The summed E-state index contributed by atoms with van der Waals surface area (Å²) in [7, 11) is 1.52. The van der Waals surface area contributed by atoms with E-state index < -0.39 is 0 Å². The largest absolute Gasteiger partial charge is 0.480 e. The van der Waals surface area contributed by atoms with Crippen LogP contribution in [-0.4, -0.2) is 53.6 Å². The smallest absolute Gasteiger partial charge is 0.233 e. The molecule has 1 aliphatic heterocycles. The van der Waals surface area contributed by atoms with E-state index in [0.717, 1.165) is 40.8 Å². The van der Waals surface area contributed by atoms with E-state index in [1.165, 1.54) is 19.5 Å². The van der Waals surface area contributed by atoms with E-state index in [4.69, 9.17) is 21.1 Å². The minimum Gasteiger partial charge on any atom is -0.480 e. The third-order valence-corrected chi connectivity index (χ3v) is 6.46. The third kappa shape index (κ3) is 4.26. The van der Waals surface area contributed by atoms with Gasteiger partial charge in [0, 0.05) is 47.3 Å². The van der Waals surface area contributed by atoms with Gasteiger partial charge in [-0.05, 0) is 35.9 Å². The number of aromatic nitrogens is 4. The van der Waals surface area contributed by atoms with Crippen LogP contribution in [0, 0.1) is 5.82 Å². The van der Waals surface area contributed by atoms with Gasteiger partial charge in [0.2, 0.25) is 5.88 Å². The number of morpholine rings is 1. The van der Waals surface area contributed by atoms with Crippen LogP contribution in [0.1, 0.15) is 24.0 Å². The highest BCUT2D eigenvalue weighted by atomic mass is 35.5. The van der Waals surface area contributed by atoms with Gasteiger partial charge in [0.05, 0.1) is 31.5 Å². The number of halogens is 2. The predicted octanol–water partition coefficient (Wildman–Crippen LogP) is 4.88. The number of methoxy groups -OCH3 is 1. The number of ether oxygens (including phenoxy) is 2. The second kappa shape index (κ2) is 9.48. The summed E-state index contributed by atoms with van der Waals surface area (Å²) in [5, 5.41) is 8.93. The molecule has 2 aromatic carbocycles. The molecule has 0 bridgehead atoms. The fraction of sp³-hybridized carbons (Fsp3) is 0.280. The minimum atomic E-state index is -0.357. The summed E-state index contributed by atoms with van der Waals surface area (Å²) in [4.78, 5) is 11.2. The molecule has 0 spiro atoms. The highest BCUT2D eigenvalue weighted by Gasteiger charge is 2.19. The van der Waals surface area contributed by atoms with Crippen LogP contribution < -0.4 is 9.64 Å². The Kier molecular flexibility index (Phi) is 6.26. The molecule has 34 heavy (non-hydrogen) atoms. The number of anilines is 1. The van der Waals surface area contributed by atoms with E-state index in [1.807, 2.05) is 25.1 Å². The fourth-order valence-corrected chi connectivity index (χ4v) is 4.48. The van der Waals surface area contributed by atoms with E-state index >= 15 is 4.39 Å². The topological polar surface area (TPSA) is 73.3 Å². The summed E-state index contributed by atoms with van der Waals surface area (Å²) < 4.78 is 25.7. The molecule has 1 atom stereocenters. The Morgan fingerprint density at radius 3 is 2.68 bits per heavy atom. The van der Waals surface area contributed by atoms with E-state index in [9.17, 15) is 0 Å². The van der Waals surface area contributed by atoms with E-state index in [2.05, 4.69) is 25.1 Å². The van der Waals surface area contributed by atoms with Crippen LogP contribution in [0.4, 0.5) is 10.1 Å². The SMILES string of the molecule is COc1cc(C(C)c2ccc(F)c(-c3ncnc4cc(N5CCOCC5)ccc34)c2)c(Cl)nn1. The summed E-state index contributed by atoms with van der Waals surface area (Å²) in [6, 6.07) is 12.8. The Morgan fingerprint density at radius 1 is 1.06 bits per heavy atom. The lowest BCUT2D eigenvalue weighted by Gasteiger charge is -2.29. The van der Waals surface area contributed by atoms with Gasteiger partial charge in [-0.25, -0.2) is 14.4 Å². The average Bonchev–Trinajstić information content (AvgIpc) is 2.89. The Hall–Kier alpha value is -3.36. The Bertz CT molecular complexity index is 1350. The molecule has 7 nitrogen and oxygen atoms in total. The summed E-state index contributed by atoms with van der Waals surface area (Å²) >= 11 is 6.31. The first-order valence-corrected chi connectivity index (χ1v) is 11.4. The van der Waals surface area contributed by atoms with Gasteiger partial charge in [0.1, 0.15) is 12.1 Å². The van der Waals surface area contributed by atoms with Crippen LogP contribution in [0.25, 0.3) is 22.2 Å². The summed E-state index contributed by atoms with van der Waals surface area (Å²) in [5.74, 6) is -0.159. The van der Waals surface area contributed by atoms with Gasteiger partial charge in [-0.1, -0.05) is 24.6 Å². The van der Waals surface area contributed by atoms with Crippen molar-refractivity contribution >= 4 is 28.2 Å². The number of benzene rings is 2. The number of nitrogens with zero attached hydrogens (tertiary/aromatic N) is 5. The van der Waals surface area contributed by atoms with E-state index in [-0.39, 0.29) is 16.9 Å². The number of rotatable bonds is 5. The first-order chi connectivity index (χ1) is 16.5. The number of hydrogen-bond acceptors (Lipinski definition) is 7. The highest BCUT2D eigenvalue weighted by molar-refractivity contribution is 6.30. The third-order valence-electron chi connectivity index (χ3n) is 6.17. The second-order valence-corrected chi connectivity index (χ2v) is 8.47. The number of fused-ring (bicyclic) bond motifs is 1. The monoisotopic (exact) mass is 479 g/mol. The molecule has 1 saturated heterocycles. The zero-order chi connectivity index (χ0) is 23.7. The van der Waals surface area contributed by atoms with Gasteiger partial charge in [-0.3, -0.25) is 0 Å². The van der Waals surface area contributed by atoms with E-state index in [0.29, 0.717) is 30.4 Å².